The smallest absolute Gasteiger partial charge is 0.245 e. The van der Waals surface area contributed by atoms with Crippen LogP contribution in [0, 0.1) is 0 Å². The number of aromatic nitrogens is 1. The lowest BCUT2D eigenvalue weighted by molar-refractivity contribution is 0.593. The number of rotatable bonds is 2. The van der Waals surface area contributed by atoms with Gasteiger partial charge in [0.1, 0.15) is 17.4 Å². The standard InChI is InChI=1S/C14H10N4O2S/c19-21(20,10-4-2-1-3-5-10)18-7-6-11-13-12(16-9-17-13)8-15-14(11)18/h1-6,8-9H,7H2. The molecule has 3 heterocycles. The van der Waals surface area contributed by atoms with Gasteiger partial charge in [0.05, 0.1) is 17.6 Å². The largest absolute Gasteiger partial charge is 0.265 e. The molecule has 6 nitrogen and oxygen atoms in total. The van der Waals surface area contributed by atoms with Crippen molar-refractivity contribution in [3.05, 3.63) is 47.1 Å². The summed E-state index contributed by atoms with van der Waals surface area (Å²) in [6, 6.07) is 8.34. The van der Waals surface area contributed by atoms with Crippen molar-refractivity contribution in [1.29, 1.82) is 0 Å². The zero-order valence-corrected chi connectivity index (χ0v) is 11.7. The number of hydrogen-bond donors (Lipinski definition) is 0. The number of nitrogens with zero attached hydrogens (tertiary/aromatic N) is 4. The number of benzene rings is 1. The molecule has 0 atom stereocenters. The lowest BCUT2D eigenvalue weighted by Gasteiger charge is -2.18. The van der Waals surface area contributed by atoms with Gasteiger partial charge in [-0.2, -0.15) is 0 Å². The van der Waals surface area contributed by atoms with Crippen LogP contribution in [0.5, 0.6) is 0 Å². The second-order valence-electron chi connectivity index (χ2n) is 4.66. The van der Waals surface area contributed by atoms with Gasteiger partial charge in [0, 0.05) is 5.22 Å². The predicted octanol–water partition coefficient (Wildman–Crippen LogP) is 0.364. The Morgan fingerprint density at radius 2 is 1.95 bits per heavy atom. The highest BCUT2D eigenvalue weighted by molar-refractivity contribution is 7.92. The van der Waals surface area contributed by atoms with Gasteiger partial charge in [0.2, 0.25) is 0 Å². The Morgan fingerprint density at radius 1 is 1.14 bits per heavy atom. The van der Waals surface area contributed by atoms with Gasteiger partial charge in [-0.25, -0.2) is 27.7 Å². The number of anilines is 1. The normalized spacial score (nSPS) is 15.3. The molecule has 0 unspecified atom stereocenters. The Balaban J connectivity index is 1.88. The molecule has 1 aromatic carbocycles. The molecule has 4 rings (SSSR count). The van der Waals surface area contributed by atoms with Gasteiger partial charge in [-0.1, -0.05) is 24.3 Å². The fourth-order valence-electron chi connectivity index (χ4n) is 2.45. The summed E-state index contributed by atoms with van der Waals surface area (Å²) in [5.41, 5.74) is 0.670. The molecule has 0 bridgehead atoms. The van der Waals surface area contributed by atoms with Crippen LogP contribution in [0.4, 0.5) is 11.5 Å². The van der Waals surface area contributed by atoms with E-state index in [9.17, 15) is 8.42 Å². The molecule has 0 fully saturated rings. The van der Waals surface area contributed by atoms with Crippen molar-refractivity contribution >= 4 is 33.9 Å². The monoisotopic (exact) mass is 298 g/mol. The Kier molecular flexibility index (Phi) is 2.46. The van der Waals surface area contributed by atoms with Gasteiger partial charge in [0.25, 0.3) is 10.0 Å². The average Bonchev–Trinajstić information content (AvgIpc) is 3.14. The van der Waals surface area contributed by atoms with E-state index in [0.29, 0.717) is 16.9 Å². The van der Waals surface area contributed by atoms with Crippen LogP contribution in [-0.2, 0) is 10.0 Å². The van der Waals surface area contributed by atoms with E-state index in [4.69, 9.17) is 0 Å². The van der Waals surface area contributed by atoms with Gasteiger partial charge in [-0.05, 0) is 12.1 Å². The molecule has 2 aliphatic heterocycles. The molecule has 0 spiro atoms. The fraction of sp³-hybridized carbons (Fsp3) is 0.0714. The Hall–Kier alpha value is -2.54. The first-order chi connectivity index (χ1) is 10.2. The van der Waals surface area contributed by atoms with E-state index in [0.717, 1.165) is 5.22 Å². The van der Waals surface area contributed by atoms with E-state index >= 15 is 0 Å². The maximum Gasteiger partial charge on any atom is 0.265 e. The molecule has 0 aliphatic carbocycles. The van der Waals surface area contributed by atoms with Gasteiger partial charge in [0.15, 0.2) is 5.82 Å². The number of fused-ring (bicyclic) bond motifs is 3. The minimum atomic E-state index is -3.61. The molecular weight excluding hydrogens is 288 g/mol. The highest BCUT2D eigenvalue weighted by Crippen LogP contribution is 2.22. The number of hydrogen-bond acceptors (Lipinski definition) is 5. The average molecular weight is 298 g/mol. The van der Waals surface area contributed by atoms with E-state index in [2.05, 4.69) is 15.0 Å². The first kappa shape index (κ1) is 12.2. The maximum atomic E-state index is 12.7. The topological polar surface area (TPSA) is 75.0 Å². The first-order valence-electron chi connectivity index (χ1n) is 6.35. The second-order valence-corrected chi connectivity index (χ2v) is 6.52. The van der Waals surface area contributed by atoms with E-state index in [-0.39, 0.29) is 11.4 Å². The summed E-state index contributed by atoms with van der Waals surface area (Å²) < 4.78 is 26.7. The molecule has 1 aromatic heterocycles. The molecular formula is C14H10N4O2S. The third kappa shape index (κ3) is 1.71. The lowest BCUT2D eigenvalue weighted by Crippen LogP contribution is -2.33. The molecule has 2 aromatic rings. The Morgan fingerprint density at radius 3 is 2.76 bits per heavy atom. The van der Waals surface area contributed by atoms with Crippen LogP contribution in [0.15, 0.2) is 51.4 Å². The third-order valence-corrected chi connectivity index (χ3v) is 5.23. The fourth-order valence-corrected chi connectivity index (χ4v) is 3.85. The molecule has 21 heavy (non-hydrogen) atoms. The van der Waals surface area contributed by atoms with Gasteiger partial charge >= 0.3 is 0 Å². The molecule has 0 saturated heterocycles. The summed E-state index contributed by atoms with van der Waals surface area (Å²) in [5, 5.41) is 1.41. The van der Waals surface area contributed by atoms with Crippen LogP contribution < -0.4 is 14.9 Å². The molecule has 2 aliphatic rings. The molecule has 0 amide bonds. The van der Waals surface area contributed by atoms with Crippen molar-refractivity contribution in [2.75, 3.05) is 10.8 Å². The highest BCUT2D eigenvalue weighted by atomic mass is 32.2. The summed E-state index contributed by atoms with van der Waals surface area (Å²) in [6.45, 7) is 0.255. The minimum absolute atomic E-state index is 0.252. The van der Waals surface area contributed by atoms with Crippen molar-refractivity contribution in [3.8, 4) is 0 Å². The Labute approximate surface area is 120 Å². The van der Waals surface area contributed by atoms with Crippen molar-refractivity contribution in [2.45, 2.75) is 4.90 Å². The van der Waals surface area contributed by atoms with Gasteiger partial charge < -0.3 is 0 Å². The lowest BCUT2D eigenvalue weighted by atomic mass is 10.3. The van der Waals surface area contributed by atoms with Crippen molar-refractivity contribution in [1.82, 2.24) is 4.98 Å². The minimum Gasteiger partial charge on any atom is -0.245 e. The summed E-state index contributed by atoms with van der Waals surface area (Å²) in [4.78, 5) is 12.8. The summed E-state index contributed by atoms with van der Waals surface area (Å²) >= 11 is 0. The van der Waals surface area contributed by atoms with E-state index < -0.39 is 10.0 Å². The predicted molar refractivity (Wildman–Crippen MR) is 78.6 cm³/mol. The van der Waals surface area contributed by atoms with Crippen molar-refractivity contribution in [2.24, 2.45) is 9.98 Å². The molecule has 0 radical (unpaired) electrons. The van der Waals surface area contributed by atoms with Crippen LogP contribution in [0.1, 0.15) is 0 Å². The number of aliphatic imine (C=N–C) groups is 1. The van der Waals surface area contributed by atoms with Crippen LogP contribution in [0.25, 0.3) is 6.08 Å². The summed E-state index contributed by atoms with van der Waals surface area (Å²) in [7, 11) is -3.61. The van der Waals surface area contributed by atoms with Gasteiger partial charge in [-0.3, -0.25) is 0 Å². The quantitative estimate of drug-likeness (QED) is 0.803. The summed E-state index contributed by atoms with van der Waals surface area (Å²) in [6.07, 6.45) is 4.82. The molecule has 104 valence electrons. The van der Waals surface area contributed by atoms with Crippen molar-refractivity contribution < 1.29 is 8.42 Å². The molecule has 0 N–H and O–H groups in total. The number of pyridine rings is 1. The maximum absolute atomic E-state index is 12.7. The Bertz CT molecular complexity index is 982. The summed E-state index contributed by atoms with van der Waals surface area (Å²) in [5.74, 6) is 0.409. The zero-order valence-electron chi connectivity index (χ0n) is 10.8. The zero-order chi connectivity index (χ0) is 14.4. The van der Waals surface area contributed by atoms with Crippen LogP contribution in [0.2, 0.25) is 0 Å². The van der Waals surface area contributed by atoms with Crippen molar-refractivity contribution in [3.63, 3.8) is 0 Å². The van der Waals surface area contributed by atoms with Crippen LogP contribution in [0.3, 0.4) is 0 Å². The first-order valence-corrected chi connectivity index (χ1v) is 7.79. The molecule has 7 heteroatoms. The van der Waals surface area contributed by atoms with Gasteiger partial charge in [-0.15, -0.1) is 0 Å². The van der Waals surface area contributed by atoms with E-state index in [1.54, 1.807) is 36.5 Å². The van der Waals surface area contributed by atoms with E-state index in [1.165, 1.54) is 10.6 Å². The van der Waals surface area contributed by atoms with E-state index in [1.807, 2.05) is 6.08 Å². The third-order valence-electron chi connectivity index (χ3n) is 3.46. The highest BCUT2D eigenvalue weighted by Gasteiger charge is 2.29. The molecule has 0 saturated carbocycles. The number of sulfonamides is 1. The SMILES string of the molecule is O=S(=O)(c1ccccc1)N1CC=c2c1ncc1c2=NC=N1. The second kappa shape index (κ2) is 4.23. The van der Waals surface area contributed by atoms with Crippen LogP contribution in [-0.4, -0.2) is 26.3 Å². The van der Waals surface area contributed by atoms with Crippen LogP contribution >= 0.6 is 0 Å².